The summed E-state index contributed by atoms with van der Waals surface area (Å²) in [6.07, 6.45) is 3.09. The lowest BCUT2D eigenvalue weighted by Crippen LogP contribution is -2.09. The van der Waals surface area contributed by atoms with Gasteiger partial charge in [0.05, 0.1) is 0 Å². The molecule has 1 N–H and O–H groups in total. The molecule has 180 valence electrons. The van der Waals surface area contributed by atoms with Crippen LogP contribution in [0.2, 0.25) is 5.02 Å². The number of oxazole rings is 1. The van der Waals surface area contributed by atoms with E-state index in [4.69, 9.17) is 20.4 Å². The Morgan fingerprint density at radius 2 is 1.64 bits per heavy atom. The van der Waals surface area contributed by atoms with Gasteiger partial charge < -0.3 is 14.2 Å². The smallest absolute Gasteiger partial charge is 0.248 e. The molecule has 0 saturated carbocycles. The van der Waals surface area contributed by atoms with Gasteiger partial charge in [-0.1, -0.05) is 35.9 Å². The van der Waals surface area contributed by atoms with Gasteiger partial charge in [0.2, 0.25) is 11.8 Å². The number of aryl methyl sites for hydroxylation is 4. The van der Waals surface area contributed by atoms with Crippen LogP contribution in [0, 0.1) is 27.7 Å². The number of anilines is 1. The van der Waals surface area contributed by atoms with Gasteiger partial charge in [-0.2, -0.15) is 0 Å². The topological polar surface area (TPSA) is 68.3 Å². The summed E-state index contributed by atoms with van der Waals surface area (Å²) in [4.78, 5) is 17.3. The fourth-order valence-electron chi connectivity index (χ4n) is 4.07. The molecule has 0 unspecified atom stereocenters. The number of aromatic nitrogens is 1. The number of carbonyl (C=O) groups is 1. The average Bonchev–Trinajstić information content (AvgIpc) is 3.48. The monoisotopic (exact) mass is 496 g/mol. The van der Waals surface area contributed by atoms with E-state index in [0.29, 0.717) is 28.1 Å². The molecule has 0 aliphatic heterocycles. The molecule has 0 spiro atoms. The van der Waals surface area contributed by atoms with Gasteiger partial charge in [-0.05, 0) is 92.4 Å². The molecule has 1 amide bonds. The molecule has 0 atom stereocenters. The summed E-state index contributed by atoms with van der Waals surface area (Å²) < 4.78 is 11.9. The number of furan rings is 1. The van der Waals surface area contributed by atoms with E-state index in [1.165, 1.54) is 6.08 Å². The Balaban J connectivity index is 1.33. The standard InChI is InChI=1S/C30H25ClN2O3/c1-17-13-20(4)29-26(14-17)33-30(36-29)22-8-6-19(3)25(16-22)32-28(34)12-10-23-9-11-27(35-23)21-7-5-18(2)24(31)15-21/h5-16H,1-4H3,(H,32,34). The van der Waals surface area contributed by atoms with Crippen molar-refractivity contribution in [2.24, 2.45) is 0 Å². The molecule has 3 aromatic carbocycles. The van der Waals surface area contributed by atoms with Gasteiger partial charge in [0.25, 0.3) is 0 Å². The third-order valence-corrected chi connectivity index (χ3v) is 6.45. The minimum absolute atomic E-state index is 0.268. The largest absolute Gasteiger partial charge is 0.457 e. The summed E-state index contributed by atoms with van der Waals surface area (Å²) in [6.45, 7) is 7.94. The fraction of sp³-hybridized carbons (Fsp3) is 0.133. The Morgan fingerprint density at radius 3 is 2.44 bits per heavy atom. The Hall–Kier alpha value is -4.09. The van der Waals surface area contributed by atoms with Crippen molar-refractivity contribution in [2.45, 2.75) is 27.7 Å². The molecule has 2 heterocycles. The van der Waals surface area contributed by atoms with Crippen molar-refractivity contribution in [1.29, 1.82) is 0 Å². The quantitative estimate of drug-likeness (QED) is 0.248. The van der Waals surface area contributed by atoms with E-state index in [-0.39, 0.29) is 5.91 Å². The van der Waals surface area contributed by atoms with Crippen LogP contribution >= 0.6 is 11.6 Å². The van der Waals surface area contributed by atoms with Crippen LogP contribution in [0.3, 0.4) is 0 Å². The van der Waals surface area contributed by atoms with Crippen molar-refractivity contribution >= 4 is 40.4 Å². The van der Waals surface area contributed by atoms with Crippen LogP contribution in [0.5, 0.6) is 0 Å². The normalized spacial score (nSPS) is 11.5. The molecule has 0 bridgehead atoms. The first kappa shape index (κ1) is 23.6. The van der Waals surface area contributed by atoms with Gasteiger partial charge in [0, 0.05) is 27.9 Å². The highest BCUT2D eigenvalue weighted by atomic mass is 35.5. The lowest BCUT2D eigenvalue weighted by Gasteiger charge is -2.08. The first-order valence-electron chi connectivity index (χ1n) is 11.6. The summed E-state index contributed by atoms with van der Waals surface area (Å²) in [6, 6.07) is 19.3. The van der Waals surface area contributed by atoms with Crippen LogP contribution in [0.15, 0.2) is 75.6 Å². The molecule has 5 rings (SSSR count). The summed E-state index contributed by atoms with van der Waals surface area (Å²) in [5, 5.41) is 3.62. The summed E-state index contributed by atoms with van der Waals surface area (Å²) >= 11 is 6.23. The van der Waals surface area contributed by atoms with Gasteiger partial charge in [0.1, 0.15) is 17.0 Å². The molecular weight excluding hydrogens is 472 g/mol. The molecule has 0 saturated heterocycles. The van der Waals surface area contributed by atoms with Crippen LogP contribution < -0.4 is 5.32 Å². The first-order chi connectivity index (χ1) is 17.3. The van der Waals surface area contributed by atoms with Gasteiger partial charge in [-0.25, -0.2) is 4.98 Å². The molecule has 36 heavy (non-hydrogen) atoms. The zero-order chi connectivity index (χ0) is 25.4. The molecule has 0 fully saturated rings. The third kappa shape index (κ3) is 4.83. The van der Waals surface area contributed by atoms with E-state index in [1.807, 2.05) is 82.3 Å². The van der Waals surface area contributed by atoms with Crippen molar-refractivity contribution in [3.8, 4) is 22.8 Å². The summed E-state index contributed by atoms with van der Waals surface area (Å²) in [5.74, 6) is 1.50. The van der Waals surface area contributed by atoms with E-state index in [1.54, 1.807) is 6.08 Å². The zero-order valence-electron chi connectivity index (χ0n) is 20.5. The van der Waals surface area contributed by atoms with Gasteiger partial charge in [-0.3, -0.25) is 4.79 Å². The second-order valence-electron chi connectivity index (χ2n) is 8.97. The number of hydrogen-bond donors (Lipinski definition) is 1. The number of nitrogens with one attached hydrogen (secondary N) is 1. The minimum Gasteiger partial charge on any atom is -0.457 e. The highest BCUT2D eigenvalue weighted by Crippen LogP contribution is 2.30. The van der Waals surface area contributed by atoms with E-state index in [9.17, 15) is 4.79 Å². The van der Waals surface area contributed by atoms with Gasteiger partial charge in [-0.15, -0.1) is 0 Å². The Bertz CT molecular complexity index is 1640. The number of hydrogen-bond acceptors (Lipinski definition) is 4. The van der Waals surface area contributed by atoms with Crippen LogP contribution in [0.25, 0.3) is 40.0 Å². The highest BCUT2D eigenvalue weighted by Gasteiger charge is 2.13. The first-order valence-corrected chi connectivity index (χ1v) is 12.0. The lowest BCUT2D eigenvalue weighted by atomic mass is 10.1. The van der Waals surface area contributed by atoms with Crippen molar-refractivity contribution in [3.05, 3.63) is 99.8 Å². The van der Waals surface area contributed by atoms with E-state index in [0.717, 1.165) is 44.5 Å². The van der Waals surface area contributed by atoms with E-state index < -0.39 is 0 Å². The van der Waals surface area contributed by atoms with E-state index >= 15 is 0 Å². The van der Waals surface area contributed by atoms with Crippen molar-refractivity contribution < 1.29 is 13.6 Å². The third-order valence-electron chi connectivity index (χ3n) is 6.04. The highest BCUT2D eigenvalue weighted by molar-refractivity contribution is 6.31. The average molecular weight is 497 g/mol. The lowest BCUT2D eigenvalue weighted by molar-refractivity contribution is -0.111. The minimum atomic E-state index is -0.268. The second-order valence-corrected chi connectivity index (χ2v) is 9.37. The molecule has 0 aliphatic rings. The second kappa shape index (κ2) is 9.51. The Morgan fingerprint density at radius 1 is 0.861 bits per heavy atom. The number of benzene rings is 3. The summed E-state index contributed by atoms with van der Waals surface area (Å²) in [5.41, 5.74) is 8.07. The maximum atomic E-state index is 12.7. The molecule has 0 aliphatic carbocycles. The van der Waals surface area contributed by atoms with Crippen LogP contribution in [-0.2, 0) is 4.79 Å². The maximum Gasteiger partial charge on any atom is 0.248 e. The van der Waals surface area contributed by atoms with Gasteiger partial charge in [0.15, 0.2) is 5.58 Å². The number of fused-ring (bicyclic) bond motifs is 1. The van der Waals surface area contributed by atoms with Crippen molar-refractivity contribution in [1.82, 2.24) is 4.98 Å². The van der Waals surface area contributed by atoms with Gasteiger partial charge >= 0.3 is 0 Å². The molecule has 5 aromatic rings. The number of amides is 1. The molecule has 6 heteroatoms. The Kier molecular flexibility index (Phi) is 6.25. The van der Waals surface area contributed by atoms with Crippen molar-refractivity contribution in [2.75, 3.05) is 5.32 Å². The molecule has 5 nitrogen and oxygen atoms in total. The SMILES string of the molecule is Cc1cc(C)c2oc(-c3ccc(C)c(NC(=O)C=Cc4ccc(-c5ccc(C)c(Cl)c5)o4)c3)nc2c1. The van der Waals surface area contributed by atoms with Crippen LogP contribution in [-0.4, -0.2) is 10.9 Å². The zero-order valence-corrected chi connectivity index (χ0v) is 21.2. The fourth-order valence-corrected chi connectivity index (χ4v) is 4.25. The number of rotatable bonds is 5. The predicted molar refractivity (Wildman–Crippen MR) is 145 cm³/mol. The maximum absolute atomic E-state index is 12.7. The summed E-state index contributed by atoms with van der Waals surface area (Å²) in [7, 11) is 0. The predicted octanol–water partition coefficient (Wildman–Crippen LogP) is 8.29. The number of nitrogens with zero attached hydrogens (tertiary/aromatic N) is 1. The van der Waals surface area contributed by atoms with Crippen LogP contribution in [0.4, 0.5) is 5.69 Å². The Labute approximate surface area is 214 Å². The van der Waals surface area contributed by atoms with Crippen molar-refractivity contribution in [3.63, 3.8) is 0 Å². The molecule has 2 aromatic heterocycles. The van der Waals surface area contributed by atoms with Crippen LogP contribution in [0.1, 0.15) is 28.0 Å². The molecule has 0 radical (unpaired) electrons. The number of halogens is 1. The number of carbonyl (C=O) groups excluding carboxylic acids is 1. The van der Waals surface area contributed by atoms with E-state index in [2.05, 4.69) is 16.4 Å². The molecular formula is C30H25ClN2O3.